The summed E-state index contributed by atoms with van der Waals surface area (Å²) >= 11 is 17.9. The molecule has 3 aromatic rings. The van der Waals surface area contributed by atoms with Gasteiger partial charge in [-0.15, -0.1) is 10.2 Å². The minimum atomic E-state index is 0.0799. The molecule has 0 fully saturated rings. The van der Waals surface area contributed by atoms with Gasteiger partial charge in [0.05, 0.1) is 15.1 Å². The van der Waals surface area contributed by atoms with Crippen molar-refractivity contribution in [2.24, 2.45) is 0 Å². The molecule has 7 heteroatoms. The lowest BCUT2D eigenvalue weighted by Gasteiger charge is -2.07. The molecule has 4 nitrogen and oxygen atoms in total. The summed E-state index contributed by atoms with van der Waals surface area (Å²) in [5, 5.41) is 9.04. The van der Waals surface area contributed by atoms with Gasteiger partial charge in [0.15, 0.2) is 6.61 Å². The van der Waals surface area contributed by atoms with Gasteiger partial charge in [-0.1, -0.05) is 52.5 Å². The van der Waals surface area contributed by atoms with Crippen molar-refractivity contribution in [1.82, 2.24) is 10.2 Å². The summed E-state index contributed by atoms with van der Waals surface area (Å²) in [7, 11) is 0. The molecule has 0 bridgehead atoms. The zero-order valence-electron chi connectivity index (χ0n) is 12.0. The highest BCUT2D eigenvalue weighted by Gasteiger charge is 2.11. The normalized spacial score (nSPS) is 10.8. The van der Waals surface area contributed by atoms with Crippen LogP contribution < -0.4 is 4.74 Å². The molecule has 0 saturated heterocycles. The maximum absolute atomic E-state index is 6.05. The second-order valence-electron chi connectivity index (χ2n) is 4.85. The Kier molecular flexibility index (Phi) is 4.76. The Hall–Kier alpha value is -1.75. The molecule has 0 spiro atoms. The molecular weight excluding hydrogens is 359 g/mol. The van der Waals surface area contributed by atoms with E-state index in [-0.39, 0.29) is 6.61 Å². The van der Waals surface area contributed by atoms with Gasteiger partial charge in [0.2, 0.25) is 5.89 Å². The fourth-order valence-electron chi connectivity index (χ4n) is 1.88. The standard InChI is InChI=1S/C16H11Cl3N2O2/c1-9-2-4-10(5-3-9)16-21-20-15(23-16)8-22-14-7-12(18)11(17)6-13(14)19/h2-7H,8H2,1H3. The quantitative estimate of drug-likeness (QED) is 0.563. The van der Waals surface area contributed by atoms with Crippen molar-refractivity contribution in [2.75, 3.05) is 0 Å². The van der Waals surface area contributed by atoms with Crippen molar-refractivity contribution in [3.63, 3.8) is 0 Å². The van der Waals surface area contributed by atoms with Crippen LogP contribution in [0, 0.1) is 6.92 Å². The maximum atomic E-state index is 6.05. The molecule has 3 rings (SSSR count). The summed E-state index contributed by atoms with van der Waals surface area (Å²) in [5.74, 6) is 1.17. The summed E-state index contributed by atoms with van der Waals surface area (Å²) in [6, 6.07) is 10.9. The SMILES string of the molecule is Cc1ccc(-c2nnc(COc3cc(Cl)c(Cl)cc3Cl)o2)cc1. The molecule has 0 radical (unpaired) electrons. The fraction of sp³-hybridized carbons (Fsp3) is 0.125. The number of rotatable bonds is 4. The van der Waals surface area contributed by atoms with Crippen LogP contribution in [0.2, 0.25) is 15.1 Å². The number of nitrogens with zero attached hydrogens (tertiary/aromatic N) is 2. The van der Waals surface area contributed by atoms with Crippen molar-refractivity contribution >= 4 is 34.8 Å². The van der Waals surface area contributed by atoms with Gasteiger partial charge in [-0.3, -0.25) is 0 Å². The summed E-state index contributed by atoms with van der Waals surface area (Å²) in [4.78, 5) is 0. The van der Waals surface area contributed by atoms with E-state index in [2.05, 4.69) is 10.2 Å². The van der Waals surface area contributed by atoms with E-state index < -0.39 is 0 Å². The van der Waals surface area contributed by atoms with E-state index in [9.17, 15) is 0 Å². The maximum Gasteiger partial charge on any atom is 0.254 e. The molecule has 0 amide bonds. The first kappa shape index (κ1) is 16.1. The van der Waals surface area contributed by atoms with E-state index in [0.717, 1.165) is 11.1 Å². The third kappa shape index (κ3) is 3.78. The number of aromatic nitrogens is 2. The van der Waals surface area contributed by atoms with Crippen LogP contribution in [-0.4, -0.2) is 10.2 Å². The van der Waals surface area contributed by atoms with Crippen molar-refractivity contribution in [3.8, 4) is 17.2 Å². The second kappa shape index (κ2) is 6.79. The summed E-state index contributed by atoms with van der Waals surface area (Å²) in [6.45, 7) is 2.09. The average molecular weight is 370 g/mol. The number of hydrogen-bond acceptors (Lipinski definition) is 4. The van der Waals surface area contributed by atoms with Crippen LogP contribution in [0.1, 0.15) is 11.5 Å². The first-order chi connectivity index (χ1) is 11.0. The van der Waals surface area contributed by atoms with E-state index in [1.807, 2.05) is 31.2 Å². The van der Waals surface area contributed by atoms with Crippen molar-refractivity contribution in [1.29, 1.82) is 0 Å². The topological polar surface area (TPSA) is 48.2 Å². The lowest BCUT2D eigenvalue weighted by molar-refractivity contribution is 0.264. The van der Waals surface area contributed by atoms with Gasteiger partial charge in [-0.2, -0.15) is 0 Å². The molecule has 23 heavy (non-hydrogen) atoms. The van der Waals surface area contributed by atoms with E-state index in [1.54, 1.807) is 6.07 Å². The molecule has 1 heterocycles. The number of halogens is 3. The van der Waals surface area contributed by atoms with Crippen molar-refractivity contribution < 1.29 is 9.15 Å². The molecule has 0 unspecified atom stereocenters. The molecular formula is C16H11Cl3N2O2. The molecule has 0 saturated carbocycles. The smallest absolute Gasteiger partial charge is 0.254 e. The Balaban J connectivity index is 1.72. The minimum absolute atomic E-state index is 0.0799. The van der Waals surface area contributed by atoms with Gasteiger partial charge in [0.1, 0.15) is 5.75 Å². The third-order valence-corrected chi connectivity index (χ3v) is 4.11. The highest BCUT2D eigenvalue weighted by atomic mass is 35.5. The van der Waals surface area contributed by atoms with Crippen LogP contribution in [0.15, 0.2) is 40.8 Å². The third-order valence-electron chi connectivity index (χ3n) is 3.09. The Labute approximate surface area is 148 Å². The van der Waals surface area contributed by atoms with Gasteiger partial charge in [0.25, 0.3) is 5.89 Å². The molecule has 0 aliphatic rings. The molecule has 2 aromatic carbocycles. The highest BCUT2D eigenvalue weighted by Crippen LogP contribution is 2.34. The van der Waals surface area contributed by atoms with E-state index in [1.165, 1.54) is 6.07 Å². The van der Waals surface area contributed by atoms with E-state index in [0.29, 0.717) is 32.6 Å². The Bertz CT molecular complexity index is 832. The first-order valence-corrected chi connectivity index (χ1v) is 7.83. The van der Waals surface area contributed by atoms with E-state index >= 15 is 0 Å². The zero-order chi connectivity index (χ0) is 16.4. The molecule has 0 aliphatic heterocycles. The Morgan fingerprint density at radius 1 is 0.957 bits per heavy atom. The van der Waals surface area contributed by atoms with Gasteiger partial charge >= 0.3 is 0 Å². The van der Waals surface area contributed by atoms with Gasteiger partial charge < -0.3 is 9.15 Å². The van der Waals surface area contributed by atoms with Crippen LogP contribution in [0.25, 0.3) is 11.5 Å². The Morgan fingerprint density at radius 2 is 1.65 bits per heavy atom. The van der Waals surface area contributed by atoms with Crippen LogP contribution in [0.4, 0.5) is 0 Å². The van der Waals surface area contributed by atoms with E-state index in [4.69, 9.17) is 44.0 Å². The molecule has 0 atom stereocenters. The van der Waals surface area contributed by atoms with Crippen LogP contribution in [0.3, 0.4) is 0 Å². The number of hydrogen-bond donors (Lipinski definition) is 0. The summed E-state index contributed by atoms with van der Waals surface area (Å²) < 4.78 is 11.1. The summed E-state index contributed by atoms with van der Waals surface area (Å²) in [6.07, 6.45) is 0. The van der Waals surface area contributed by atoms with Crippen molar-refractivity contribution in [2.45, 2.75) is 13.5 Å². The van der Waals surface area contributed by atoms with Crippen LogP contribution in [-0.2, 0) is 6.61 Å². The largest absolute Gasteiger partial charge is 0.482 e. The fourth-order valence-corrected chi connectivity index (χ4v) is 2.47. The minimum Gasteiger partial charge on any atom is -0.482 e. The Morgan fingerprint density at radius 3 is 2.39 bits per heavy atom. The van der Waals surface area contributed by atoms with Crippen molar-refractivity contribution in [3.05, 3.63) is 62.9 Å². The van der Waals surface area contributed by atoms with Crippen LogP contribution >= 0.6 is 34.8 Å². The van der Waals surface area contributed by atoms with Crippen LogP contribution in [0.5, 0.6) is 5.75 Å². The number of benzene rings is 2. The second-order valence-corrected chi connectivity index (χ2v) is 6.07. The molecule has 0 N–H and O–H groups in total. The van der Waals surface area contributed by atoms with Gasteiger partial charge in [0, 0.05) is 11.6 Å². The monoisotopic (exact) mass is 368 g/mol. The molecule has 1 aromatic heterocycles. The molecule has 0 aliphatic carbocycles. The number of ether oxygens (including phenoxy) is 1. The predicted octanol–water partition coefficient (Wildman–Crippen LogP) is 5.58. The lowest BCUT2D eigenvalue weighted by atomic mass is 10.1. The lowest BCUT2D eigenvalue weighted by Crippen LogP contribution is -1.96. The average Bonchev–Trinajstić information content (AvgIpc) is 2.99. The molecule has 118 valence electrons. The zero-order valence-corrected chi connectivity index (χ0v) is 14.3. The highest BCUT2D eigenvalue weighted by molar-refractivity contribution is 6.43. The summed E-state index contributed by atoms with van der Waals surface area (Å²) in [5.41, 5.74) is 2.01. The number of aryl methyl sites for hydroxylation is 1. The van der Waals surface area contributed by atoms with Gasteiger partial charge in [-0.25, -0.2) is 0 Å². The van der Waals surface area contributed by atoms with Gasteiger partial charge in [-0.05, 0) is 25.1 Å². The first-order valence-electron chi connectivity index (χ1n) is 6.69. The predicted molar refractivity (Wildman–Crippen MR) is 90.3 cm³/mol.